The fraction of sp³-hybridized carbons (Fsp3) is 0.143. The van der Waals surface area contributed by atoms with Gasteiger partial charge in [-0.3, -0.25) is 0 Å². The van der Waals surface area contributed by atoms with Crippen LogP contribution in [0.1, 0.15) is 0 Å². The van der Waals surface area contributed by atoms with Gasteiger partial charge in [-0.1, -0.05) is 0 Å². The molecule has 0 saturated heterocycles. The molecule has 0 aliphatic carbocycles. The van der Waals surface area contributed by atoms with Crippen LogP contribution in [-0.2, 0) is 10.7 Å². The lowest BCUT2D eigenvalue weighted by Crippen LogP contribution is -2.01. The molecule has 13 heavy (non-hydrogen) atoms. The molecule has 1 aromatic carbocycles. The van der Waals surface area contributed by atoms with Crippen molar-refractivity contribution in [3.63, 3.8) is 0 Å². The maximum absolute atomic E-state index is 11.6. The van der Waals surface area contributed by atoms with E-state index in [-0.39, 0.29) is 10.6 Å². The Morgan fingerprint density at radius 1 is 1.15 bits per heavy atom. The molecule has 0 aromatic heterocycles. The molecule has 0 N–H and O–H groups in total. The van der Waals surface area contributed by atoms with E-state index in [2.05, 4.69) is 4.74 Å². The van der Waals surface area contributed by atoms with Gasteiger partial charge in [-0.25, -0.2) is 8.42 Å². The Morgan fingerprint density at radius 2 is 1.69 bits per heavy atom. The van der Waals surface area contributed by atoms with E-state index in [1.807, 2.05) is 0 Å². The SMILES string of the molecule is O=[SH](=O)c1ccc(OC(F)F)cc1. The molecule has 0 saturated carbocycles. The summed E-state index contributed by atoms with van der Waals surface area (Å²) >= 11 is 0. The van der Waals surface area contributed by atoms with Crippen LogP contribution in [0.2, 0.25) is 0 Å². The fourth-order valence-corrected chi connectivity index (χ4v) is 1.14. The Hall–Kier alpha value is -1.17. The lowest BCUT2D eigenvalue weighted by Gasteiger charge is -2.02. The molecule has 0 radical (unpaired) electrons. The molecule has 0 spiro atoms. The quantitative estimate of drug-likeness (QED) is 0.760. The molecule has 0 heterocycles. The van der Waals surface area contributed by atoms with Crippen LogP contribution in [0.4, 0.5) is 8.78 Å². The molecule has 1 rings (SSSR count). The second-order valence-corrected chi connectivity index (χ2v) is 3.16. The van der Waals surface area contributed by atoms with Crippen molar-refractivity contribution < 1.29 is 21.9 Å². The average Bonchev–Trinajstić information content (AvgIpc) is 2.04. The van der Waals surface area contributed by atoms with Crippen LogP contribution in [0.25, 0.3) is 0 Å². The molecule has 3 nitrogen and oxygen atoms in total. The minimum absolute atomic E-state index is 0.0596. The predicted octanol–water partition coefficient (Wildman–Crippen LogP) is 1.26. The van der Waals surface area contributed by atoms with Gasteiger partial charge in [0.05, 0.1) is 4.90 Å². The van der Waals surface area contributed by atoms with Gasteiger partial charge >= 0.3 is 6.61 Å². The third kappa shape index (κ3) is 2.98. The summed E-state index contributed by atoms with van der Waals surface area (Å²) in [5, 5.41) is 0. The summed E-state index contributed by atoms with van der Waals surface area (Å²) in [6.45, 7) is -2.90. The van der Waals surface area contributed by atoms with E-state index >= 15 is 0 Å². The first-order valence-corrected chi connectivity index (χ1v) is 4.46. The Balaban J connectivity index is 2.81. The van der Waals surface area contributed by atoms with Crippen molar-refractivity contribution in [1.29, 1.82) is 0 Å². The maximum atomic E-state index is 11.6. The molecule has 72 valence electrons. The van der Waals surface area contributed by atoms with E-state index < -0.39 is 17.3 Å². The van der Waals surface area contributed by atoms with Gasteiger partial charge in [-0.15, -0.1) is 0 Å². The molecule has 0 atom stereocenters. The summed E-state index contributed by atoms with van der Waals surface area (Å²) < 4.78 is 48.1. The van der Waals surface area contributed by atoms with Gasteiger partial charge < -0.3 is 4.74 Å². The third-order valence-corrected chi connectivity index (χ3v) is 1.99. The van der Waals surface area contributed by atoms with E-state index in [9.17, 15) is 17.2 Å². The van der Waals surface area contributed by atoms with Crippen molar-refractivity contribution in [2.24, 2.45) is 0 Å². The summed E-state index contributed by atoms with van der Waals surface area (Å²) in [4.78, 5) is 0.0663. The van der Waals surface area contributed by atoms with E-state index in [0.717, 1.165) is 0 Å². The molecule has 6 heteroatoms. The molecule has 0 aliphatic heterocycles. The number of halogens is 2. The van der Waals surface area contributed by atoms with Gasteiger partial charge in [0.2, 0.25) is 0 Å². The zero-order valence-electron chi connectivity index (χ0n) is 6.31. The summed E-state index contributed by atoms with van der Waals surface area (Å²) in [5.74, 6) is -0.0596. The van der Waals surface area contributed by atoms with Gasteiger partial charge in [-0.2, -0.15) is 8.78 Å². The minimum atomic E-state index is -2.90. The minimum Gasteiger partial charge on any atom is -0.435 e. The summed E-state index contributed by atoms with van der Waals surface area (Å²) in [7, 11) is -2.67. The van der Waals surface area contributed by atoms with Crippen molar-refractivity contribution in [3.05, 3.63) is 24.3 Å². The Morgan fingerprint density at radius 3 is 2.08 bits per heavy atom. The highest BCUT2D eigenvalue weighted by molar-refractivity contribution is 7.72. The summed E-state index contributed by atoms with van der Waals surface area (Å²) in [6, 6.07) is 4.74. The first-order valence-electron chi connectivity index (χ1n) is 3.29. The highest BCUT2D eigenvalue weighted by atomic mass is 32.2. The maximum Gasteiger partial charge on any atom is 0.387 e. The first kappa shape index (κ1) is 9.91. The summed E-state index contributed by atoms with van der Waals surface area (Å²) in [5.41, 5.74) is 0. The van der Waals surface area contributed by atoms with Crippen LogP contribution >= 0.6 is 0 Å². The van der Waals surface area contributed by atoms with Crippen molar-refractivity contribution >= 4 is 10.7 Å². The van der Waals surface area contributed by atoms with E-state index in [1.165, 1.54) is 24.3 Å². The van der Waals surface area contributed by atoms with Crippen molar-refractivity contribution in [2.45, 2.75) is 11.5 Å². The lowest BCUT2D eigenvalue weighted by atomic mass is 10.3. The van der Waals surface area contributed by atoms with Crippen LogP contribution in [0, 0.1) is 0 Å². The second-order valence-electron chi connectivity index (χ2n) is 2.13. The predicted molar refractivity (Wildman–Crippen MR) is 41.7 cm³/mol. The van der Waals surface area contributed by atoms with Crippen LogP contribution < -0.4 is 4.74 Å². The van der Waals surface area contributed by atoms with E-state index in [4.69, 9.17) is 0 Å². The average molecular weight is 208 g/mol. The smallest absolute Gasteiger partial charge is 0.387 e. The normalized spacial score (nSPS) is 10.8. The summed E-state index contributed by atoms with van der Waals surface area (Å²) in [6.07, 6.45) is 0. The number of thiol groups is 1. The van der Waals surface area contributed by atoms with Gasteiger partial charge in [0.15, 0.2) is 10.7 Å². The van der Waals surface area contributed by atoms with Gasteiger partial charge in [-0.05, 0) is 24.3 Å². The Bertz CT molecular complexity index is 337. The number of rotatable bonds is 3. The standard InChI is InChI=1S/C7H6F2O3S/c8-7(9)12-5-1-3-6(4-2-5)13(10)11/h1-4,7,13H. The number of hydrogen-bond acceptors (Lipinski definition) is 3. The monoisotopic (exact) mass is 208 g/mol. The Kier molecular flexibility index (Phi) is 3.18. The molecular weight excluding hydrogens is 202 g/mol. The van der Waals surface area contributed by atoms with Crippen LogP contribution in [0.5, 0.6) is 5.75 Å². The van der Waals surface area contributed by atoms with E-state index in [1.54, 1.807) is 0 Å². The fourth-order valence-electron chi connectivity index (χ4n) is 0.749. The van der Waals surface area contributed by atoms with Crippen molar-refractivity contribution in [2.75, 3.05) is 0 Å². The second kappa shape index (κ2) is 4.18. The highest BCUT2D eigenvalue weighted by Crippen LogP contribution is 2.15. The lowest BCUT2D eigenvalue weighted by molar-refractivity contribution is -0.0498. The largest absolute Gasteiger partial charge is 0.435 e. The topological polar surface area (TPSA) is 43.4 Å². The molecular formula is C7H6F2O3S. The van der Waals surface area contributed by atoms with Gasteiger partial charge in [0.1, 0.15) is 5.75 Å². The first-order chi connectivity index (χ1) is 6.09. The van der Waals surface area contributed by atoms with Gasteiger partial charge in [0.25, 0.3) is 0 Å². The highest BCUT2D eigenvalue weighted by Gasteiger charge is 2.03. The zero-order valence-corrected chi connectivity index (χ0v) is 7.21. The van der Waals surface area contributed by atoms with Crippen LogP contribution in [0.15, 0.2) is 29.2 Å². The molecule has 0 unspecified atom stereocenters. The molecule has 0 bridgehead atoms. The zero-order chi connectivity index (χ0) is 9.84. The number of hydrogen-bond donors (Lipinski definition) is 1. The molecule has 0 aliphatic rings. The number of ether oxygens (including phenoxy) is 1. The van der Waals surface area contributed by atoms with Crippen molar-refractivity contribution in [3.8, 4) is 5.75 Å². The molecule has 0 amide bonds. The molecule has 0 fully saturated rings. The van der Waals surface area contributed by atoms with Crippen LogP contribution in [0.3, 0.4) is 0 Å². The number of benzene rings is 1. The third-order valence-electron chi connectivity index (χ3n) is 1.27. The van der Waals surface area contributed by atoms with Crippen molar-refractivity contribution in [1.82, 2.24) is 0 Å². The Labute approximate surface area is 74.9 Å². The van der Waals surface area contributed by atoms with Gasteiger partial charge in [0, 0.05) is 0 Å². The number of alkyl halides is 2. The van der Waals surface area contributed by atoms with E-state index in [0.29, 0.717) is 0 Å². The van der Waals surface area contributed by atoms with Crippen LogP contribution in [-0.4, -0.2) is 15.0 Å². The molecule has 1 aromatic rings.